The Morgan fingerprint density at radius 1 is 1.29 bits per heavy atom. The van der Waals surface area contributed by atoms with Gasteiger partial charge in [0.1, 0.15) is 5.75 Å². The molecule has 8 heteroatoms. The second-order valence-electron chi connectivity index (χ2n) is 7.47. The van der Waals surface area contributed by atoms with Gasteiger partial charge in [-0.2, -0.15) is 4.99 Å². The van der Waals surface area contributed by atoms with Gasteiger partial charge >= 0.3 is 0 Å². The fourth-order valence-corrected chi connectivity index (χ4v) is 3.22. The lowest BCUT2D eigenvalue weighted by Crippen LogP contribution is -2.33. The molecular weight excluding hydrogens is 354 g/mol. The summed E-state index contributed by atoms with van der Waals surface area (Å²) < 4.78 is 5.47. The molecule has 1 aliphatic heterocycles. The third-order valence-corrected chi connectivity index (χ3v) is 4.47. The van der Waals surface area contributed by atoms with E-state index in [0.29, 0.717) is 18.5 Å². The number of rotatable bonds is 8. The fraction of sp³-hybridized carbons (Fsp3) is 0.600. The van der Waals surface area contributed by atoms with Gasteiger partial charge in [-0.05, 0) is 58.1 Å². The van der Waals surface area contributed by atoms with Crippen molar-refractivity contribution in [2.24, 2.45) is 21.5 Å². The smallest absolute Gasteiger partial charge is 0.221 e. The van der Waals surface area contributed by atoms with E-state index in [4.69, 9.17) is 16.2 Å². The van der Waals surface area contributed by atoms with E-state index < -0.39 is 0 Å². The van der Waals surface area contributed by atoms with Gasteiger partial charge < -0.3 is 32.2 Å². The molecule has 0 aromatic heterocycles. The van der Waals surface area contributed by atoms with Crippen LogP contribution in [0.2, 0.25) is 0 Å². The molecule has 0 saturated heterocycles. The highest BCUT2D eigenvalue weighted by Gasteiger charge is 2.16. The van der Waals surface area contributed by atoms with E-state index in [-0.39, 0.29) is 12.0 Å². The number of nitrogens with one attached hydrogen (secondary N) is 3. The molecule has 0 radical (unpaired) electrons. The summed E-state index contributed by atoms with van der Waals surface area (Å²) in [7, 11) is 1.71. The van der Waals surface area contributed by atoms with Crippen molar-refractivity contribution in [3.05, 3.63) is 17.7 Å². The average Bonchev–Trinajstić information content (AvgIpc) is 2.64. The van der Waals surface area contributed by atoms with Crippen LogP contribution in [0.5, 0.6) is 5.75 Å². The van der Waals surface area contributed by atoms with Crippen molar-refractivity contribution in [1.82, 2.24) is 5.32 Å². The monoisotopic (exact) mass is 389 g/mol. The highest BCUT2D eigenvalue weighted by Crippen LogP contribution is 2.35. The van der Waals surface area contributed by atoms with E-state index in [1.807, 2.05) is 13.8 Å². The van der Waals surface area contributed by atoms with Crippen LogP contribution in [-0.4, -0.2) is 44.2 Å². The molecule has 28 heavy (non-hydrogen) atoms. The molecule has 2 rings (SSSR count). The van der Waals surface area contributed by atoms with Gasteiger partial charge in [-0.15, -0.1) is 0 Å². The average molecular weight is 390 g/mol. The summed E-state index contributed by atoms with van der Waals surface area (Å²) >= 11 is 0. The maximum absolute atomic E-state index is 5.47. The SMILES string of the molecule is COc1cc2c(c(NC(C)CCCN=C(N=C(N)N)NC(C)C)c1)NCCC2. The molecule has 1 aliphatic rings. The van der Waals surface area contributed by atoms with Crippen molar-refractivity contribution in [2.45, 2.75) is 58.5 Å². The first-order valence-electron chi connectivity index (χ1n) is 10.0. The predicted octanol–water partition coefficient (Wildman–Crippen LogP) is 2.26. The number of benzene rings is 1. The molecule has 0 amide bonds. The van der Waals surface area contributed by atoms with Gasteiger partial charge in [-0.1, -0.05) is 0 Å². The van der Waals surface area contributed by atoms with Crippen LogP contribution in [0.25, 0.3) is 0 Å². The van der Waals surface area contributed by atoms with E-state index in [1.54, 1.807) is 7.11 Å². The first-order chi connectivity index (χ1) is 13.4. The van der Waals surface area contributed by atoms with Crippen LogP contribution in [0.15, 0.2) is 22.1 Å². The number of nitrogens with zero attached hydrogens (tertiary/aromatic N) is 2. The van der Waals surface area contributed by atoms with E-state index in [1.165, 1.54) is 11.3 Å². The minimum absolute atomic E-state index is 0.0113. The molecule has 1 atom stereocenters. The molecule has 0 saturated carbocycles. The maximum atomic E-state index is 5.47. The number of fused-ring (bicyclic) bond motifs is 1. The number of anilines is 2. The highest BCUT2D eigenvalue weighted by atomic mass is 16.5. The van der Waals surface area contributed by atoms with E-state index in [0.717, 1.165) is 43.7 Å². The first kappa shape index (κ1) is 21.7. The summed E-state index contributed by atoms with van der Waals surface area (Å²) in [6.45, 7) is 7.89. The van der Waals surface area contributed by atoms with Gasteiger partial charge in [0.25, 0.3) is 0 Å². The van der Waals surface area contributed by atoms with Crippen LogP contribution in [0.3, 0.4) is 0 Å². The predicted molar refractivity (Wildman–Crippen MR) is 119 cm³/mol. The van der Waals surface area contributed by atoms with E-state index in [2.05, 4.69) is 45.0 Å². The van der Waals surface area contributed by atoms with Crippen molar-refractivity contribution >= 4 is 23.3 Å². The van der Waals surface area contributed by atoms with E-state index in [9.17, 15) is 0 Å². The summed E-state index contributed by atoms with van der Waals surface area (Å²) in [6, 6.07) is 4.71. The molecule has 8 nitrogen and oxygen atoms in total. The molecule has 156 valence electrons. The number of aryl methyl sites for hydroxylation is 1. The standard InChI is InChI=1S/C20H35N7O/c1-13(2)25-20(27-19(21)22)24-10-5-7-14(3)26-17-12-16(28-4)11-15-8-6-9-23-18(15)17/h11-14,23,26H,5-10H2,1-4H3,(H5,21,22,24,25,27). The highest BCUT2D eigenvalue weighted by molar-refractivity contribution is 5.93. The van der Waals surface area contributed by atoms with Crippen LogP contribution in [0, 0.1) is 0 Å². The van der Waals surface area contributed by atoms with Gasteiger partial charge in [-0.3, -0.25) is 4.99 Å². The number of hydrogen-bond donors (Lipinski definition) is 5. The Labute approximate surface area is 168 Å². The molecule has 0 spiro atoms. The summed E-state index contributed by atoms with van der Waals surface area (Å²) in [5.74, 6) is 1.39. The normalized spacial score (nSPS) is 14.7. The second kappa shape index (κ2) is 10.6. The molecule has 1 aromatic carbocycles. The summed E-state index contributed by atoms with van der Waals surface area (Å²) in [4.78, 5) is 8.52. The van der Waals surface area contributed by atoms with Gasteiger partial charge in [0.2, 0.25) is 5.96 Å². The lowest BCUT2D eigenvalue weighted by molar-refractivity contribution is 0.414. The zero-order valence-electron chi connectivity index (χ0n) is 17.5. The third kappa shape index (κ3) is 6.83. The third-order valence-electron chi connectivity index (χ3n) is 4.47. The minimum Gasteiger partial charge on any atom is -0.497 e. The van der Waals surface area contributed by atoms with Crippen molar-refractivity contribution < 1.29 is 4.74 Å². The number of ether oxygens (including phenoxy) is 1. The Morgan fingerprint density at radius 3 is 2.75 bits per heavy atom. The number of nitrogens with two attached hydrogens (primary N) is 2. The molecule has 0 bridgehead atoms. The largest absolute Gasteiger partial charge is 0.497 e. The Bertz CT molecular complexity index is 696. The Morgan fingerprint density at radius 2 is 2.07 bits per heavy atom. The molecule has 1 heterocycles. The van der Waals surface area contributed by atoms with Crippen LogP contribution >= 0.6 is 0 Å². The van der Waals surface area contributed by atoms with Crippen molar-refractivity contribution in [3.8, 4) is 5.75 Å². The summed E-state index contributed by atoms with van der Waals surface area (Å²) in [5, 5.41) is 10.3. The number of hydrogen-bond acceptors (Lipinski definition) is 4. The molecule has 0 aliphatic carbocycles. The lowest BCUT2D eigenvalue weighted by Gasteiger charge is -2.25. The van der Waals surface area contributed by atoms with Crippen molar-refractivity contribution in [1.29, 1.82) is 0 Å². The molecule has 0 fully saturated rings. The van der Waals surface area contributed by atoms with Gasteiger partial charge in [0.15, 0.2) is 5.96 Å². The molecule has 1 unspecified atom stereocenters. The Balaban J connectivity index is 1.93. The zero-order chi connectivity index (χ0) is 20.5. The zero-order valence-corrected chi connectivity index (χ0v) is 17.5. The Kier molecular flexibility index (Phi) is 8.22. The molecule has 1 aromatic rings. The summed E-state index contributed by atoms with van der Waals surface area (Å²) in [6.07, 6.45) is 4.13. The molecule has 7 N–H and O–H groups in total. The lowest BCUT2D eigenvalue weighted by atomic mass is 10.0. The van der Waals surface area contributed by atoms with Crippen LogP contribution in [0.4, 0.5) is 11.4 Å². The van der Waals surface area contributed by atoms with Gasteiger partial charge in [0.05, 0.1) is 18.5 Å². The number of guanidine groups is 2. The molecular formula is C20H35N7O. The van der Waals surface area contributed by atoms with Crippen LogP contribution in [0.1, 0.15) is 45.6 Å². The summed E-state index contributed by atoms with van der Waals surface area (Å²) in [5.41, 5.74) is 14.6. The Hall–Kier alpha value is -2.64. The van der Waals surface area contributed by atoms with Crippen LogP contribution in [-0.2, 0) is 6.42 Å². The maximum Gasteiger partial charge on any atom is 0.221 e. The number of methoxy groups -OCH3 is 1. The minimum atomic E-state index is 0.0113. The van der Waals surface area contributed by atoms with Crippen molar-refractivity contribution in [2.75, 3.05) is 30.8 Å². The van der Waals surface area contributed by atoms with Crippen LogP contribution < -0.4 is 32.2 Å². The quantitative estimate of drug-likeness (QED) is 0.264. The van der Waals surface area contributed by atoms with Gasteiger partial charge in [0, 0.05) is 31.2 Å². The van der Waals surface area contributed by atoms with E-state index >= 15 is 0 Å². The first-order valence-corrected chi connectivity index (χ1v) is 10.0. The number of aliphatic imine (C=N–C) groups is 2. The topological polar surface area (TPSA) is 122 Å². The second-order valence-corrected chi connectivity index (χ2v) is 7.47. The fourth-order valence-electron chi connectivity index (χ4n) is 3.22. The van der Waals surface area contributed by atoms with Crippen molar-refractivity contribution in [3.63, 3.8) is 0 Å². The van der Waals surface area contributed by atoms with Gasteiger partial charge in [-0.25, -0.2) is 0 Å².